The highest BCUT2D eigenvalue weighted by molar-refractivity contribution is 5.96. The van der Waals surface area contributed by atoms with E-state index in [0.717, 1.165) is 22.6 Å². The molecule has 2 heterocycles. The highest BCUT2D eigenvalue weighted by atomic mass is 16.2. The minimum absolute atomic E-state index is 0.00841. The Bertz CT molecular complexity index is 1130. The Balaban J connectivity index is 1.28. The largest absolute Gasteiger partial charge is 0.353 e. The van der Waals surface area contributed by atoms with E-state index in [4.69, 9.17) is 0 Å². The lowest BCUT2D eigenvalue weighted by molar-refractivity contribution is -0.130. The number of anilines is 1. The molecule has 34 heavy (non-hydrogen) atoms. The van der Waals surface area contributed by atoms with Crippen LogP contribution in [0.25, 0.3) is 11.3 Å². The number of hydrogen-bond acceptors (Lipinski definition) is 5. The number of aromatic nitrogens is 2. The third-order valence-corrected chi connectivity index (χ3v) is 6.09. The van der Waals surface area contributed by atoms with E-state index in [1.807, 2.05) is 60.7 Å². The van der Waals surface area contributed by atoms with Gasteiger partial charge >= 0.3 is 0 Å². The summed E-state index contributed by atoms with van der Waals surface area (Å²) in [6, 6.07) is 19.5. The Morgan fingerprint density at radius 2 is 1.59 bits per heavy atom. The second-order valence-corrected chi connectivity index (χ2v) is 9.51. The van der Waals surface area contributed by atoms with E-state index >= 15 is 0 Å². The van der Waals surface area contributed by atoms with E-state index in [1.54, 1.807) is 11.2 Å². The van der Waals surface area contributed by atoms with Crippen LogP contribution in [0.2, 0.25) is 0 Å². The van der Waals surface area contributed by atoms with Crippen molar-refractivity contribution < 1.29 is 9.59 Å². The number of piperazine rings is 1. The molecule has 4 rings (SSSR count). The third kappa shape index (κ3) is 5.60. The second-order valence-electron chi connectivity index (χ2n) is 9.51. The van der Waals surface area contributed by atoms with Gasteiger partial charge in [0, 0.05) is 43.4 Å². The Morgan fingerprint density at radius 1 is 0.912 bits per heavy atom. The summed E-state index contributed by atoms with van der Waals surface area (Å²) in [5.74, 6) is 0.543. The van der Waals surface area contributed by atoms with Crippen LogP contribution in [0.1, 0.15) is 36.7 Å². The molecule has 1 aromatic heterocycles. The molecule has 1 aliphatic heterocycles. The highest BCUT2D eigenvalue weighted by Crippen LogP contribution is 2.23. The molecular weight excluding hydrogens is 426 g/mol. The van der Waals surface area contributed by atoms with Gasteiger partial charge < -0.3 is 15.1 Å². The number of carbonyl (C=O) groups is 2. The van der Waals surface area contributed by atoms with Gasteiger partial charge in [-0.1, -0.05) is 63.2 Å². The molecule has 176 valence electrons. The van der Waals surface area contributed by atoms with Crippen LogP contribution in [0.15, 0.2) is 67.0 Å². The summed E-state index contributed by atoms with van der Waals surface area (Å²) < 4.78 is 0. The predicted molar refractivity (Wildman–Crippen MR) is 134 cm³/mol. The van der Waals surface area contributed by atoms with Crippen LogP contribution in [-0.4, -0.2) is 59.4 Å². The maximum absolute atomic E-state index is 12.7. The zero-order valence-electron chi connectivity index (χ0n) is 20.0. The number of rotatable bonds is 5. The number of nitrogens with one attached hydrogen (secondary N) is 1. The first-order chi connectivity index (χ1) is 16.3. The van der Waals surface area contributed by atoms with Crippen LogP contribution in [0, 0.1) is 0 Å². The Morgan fingerprint density at radius 3 is 2.24 bits per heavy atom. The van der Waals surface area contributed by atoms with Crippen LogP contribution in [-0.2, 0) is 10.2 Å². The summed E-state index contributed by atoms with van der Waals surface area (Å²) >= 11 is 0. The quantitative estimate of drug-likeness (QED) is 0.634. The number of nitrogens with zero attached hydrogens (tertiary/aromatic N) is 4. The Hall–Kier alpha value is -3.74. The monoisotopic (exact) mass is 457 g/mol. The first-order valence-electron chi connectivity index (χ1n) is 11.6. The fourth-order valence-electron chi connectivity index (χ4n) is 3.96. The summed E-state index contributed by atoms with van der Waals surface area (Å²) in [5.41, 5.74) is 3.68. The lowest BCUT2D eigenvalue weighted by Crippen LogP contribution is -2.51. The lowest BCUT2D eigenvalue weighted by atomic mass is 9.87. The van der Waals surface area contributed by atoms with E-state index in [2.05, 4.69) is 41.0 Å². The number of amides is 2. The summed E-state index contributed by atoms with van der Waals surface area (Å²) in [6.45, 7) is 8.91. The van der Waals surface area contributed by atoms with Crippen LogP contribution >= 0.6 is 0 Å². The molecule has 1 N–H and O–H groups in total. The summed E-state index contributed by atoms with van der Waals surface area (Å²) in [6.07, 6.45) is 1.58. The van der Waals surface area contributed by atoms with Crippen molar-refractivity contribution in [1.29, 1.82) is 0 Å². The molecule has 1 aliphatic rings. The number of carbonyl (C=O) groups excluding carboxylic acids is 2. The summed E-state index contributed by atoms with van der Waals surface area (Å²) in [4.78, 5) is 37.9. The van der Waals surface area contributed by atoms with Gasteiger partial charge in [0.05, 0.1) is 12.2 Å². The van der Waals surface area contributed by atoms with Crippen molar-refractivity contribution in [3.63, 3.8) is 0 Å². The SMILES string of the molecule is CC(C)(C)c1ccc(C(=O)NCC(=O)N2CCN(c3cc(-c4ccccc4)ncn3)CC2)cc1. The molecule has 0 bridgehead atoms. The zero-order valence-corrected chi connectivity index (χ0v) is 20.0. The molecule has 2 aromatic carbocycles. The van der Waals surface area contributed by atoms with Gasteiger partial charge in [-0.2, -0.15) is 0 Å². The van der Waals surface area contributed by atoms with Crippen molar-refractivity contribution >= 4 is 17.6 Å². The molecule has 3 aromatic rings. The Kier molecular flexibility index (Phi) is 6.91. The van der Waals surface area contributed by atoms with E-state index in [9.17, 15) is 9.59 Å². The molecule has 0 spiro atoms. The first-order valence-corrected chi connectivity index (χ1v) is 11.6. The van der Waals surface area contributed by atoms with E-state index in [-0.39, 0.29) is 23.8 Å². The minimum atomic E-state index is -0.234. The van der Waals surface area contributed by atoms with E-state index in [0.29, 0.717) is 31.7 Å². The normalized spacial score (nSPS) is 14.1. The van der Waals surface area contributed by atoms with E-state index < -0.39 is 0 Å². The molecule has 0 saturated carbocycles. The molecular formula is C27H31N5O2. The fraction of sp³-hybridized carbons (Fsp3) is 0.333. The second kappa shape index (κ2) is 10.0. The smallest absolute Gasteiger partial charge is 0.251 e. The molecule has 2 amide bonds. The average molecular weight is 458 g/mol. The highest BCUT2D eigenvalue weighted by Gasteiger charge is 2.23. The van der Waals surface area contributed by atoms with Crippen molar-refractivity contribution in [2.24, 2.45) is 0 Å². The molecule has 1 saturated heterocycles. The van der Waals surface area contributed by atoms with Crippen LogP contribution in [0.3, 0.4) is 0 Å². The van der Waals surface area contributed by atoms with Gasteiger partial charge in [-0.15, -0.1) is 0 Å². The molecule has 0 atom stereocenters. The maximum atomic E-state index is 12.7. The van der Waals surface area contributed by atoms with Crippen molar-refractivity contribution in [2.75, 3.05) is 37.6 Å². The van der Waals surface area contributed by atoms with Crippen molar-refractivity contribution in [3.05, 3.63) is 78.1 Å². The van der Waals surface area contributed by atoms with Crippen LogP contribution in [0.5, 0.6) is 0 Å². The lowest BCUT2D eigenvalue weighted by Gasteiger charge is -2.35. The third-order valence-electron chi connectivity index (χ3n) is 6.09. The molecule has 0 aliphatic carbocycles. The van der Waals surface area contributed by atoms with Crippen molar-refractivity contribution in [1.82, 2.24) is 20.2 Å². The Labute approximate surface area is 200 Å². The van der Waals surface area contributed by atoms with Crippen molar-refractivity contribution in [2.45, 2.75) is 26.2 Å². The molecule has 7 heteroatoms. The predicted octanol–water partition coefficient (Wildman–Crippen LogP) is 3.52. The van der Waals surface area contributed by atoms with Gasteiger partial charge in [-0.25, -0.2) is 9.97 Å². The minimum Gasteiger partial charge on any atom is -0.353 e. The molecule has 7 nitrogen and oxygen atoms in total. The summed E-state index contributed by atoms with van der Waals surface area (Å²) in [5, 5.41) is 2.76. The summed E-state index contributed by atoms with van der Waals surface area (Å²) in [7, 11) is 0. The number of benzene rings is 2. The van der Waals surface area contributed by atoms with E-state index in [1.165, 1.54) is 0 Å². The van der Waals surface area contributed by atoms with Gasteiger partial charge in [-0.3, -0.25) is 9.59 Å². The number of hydrogen-bond donors (Lipinski definition) is 1. The average Bonchev–Trinajstić information content (AvgIpc) is 2.87. The van der Waals surface area contributed by atoms with Gasteiger partial charge in [0.15, 0.2) is 0 Å². The van der Waals surface area contributed by atoms with Gasteiger partial charge in [0.2, 0.25) is 5.91 Å². The standard InChI is InChI=1S/C27H31N5O2/c1-27(2,3)22-11-9-21(10-12-22)26(34)28-18-25(33)32-15-13-31(14-16-32)24-17-23(29-19-30-24)20-7-5-4-6-8-20/h4-12,17,19H,13-16,18H2,1-3H3,(H,28,34). The molecule has 0 unspecified atom stereocenters. The van der Waals surface area contributed by atoms with Gasteiger partial charge in [0.1, 0.15) is 12.1 Å². The zero-order chi connectivity index (χ0) is 24.1. The molecule has 1 fully saturated rings. The van der Waals surface area contributed by atoms with Crippen LogP contribution < -0.4 is 10.2 Å². The van der Waals surface area contributed by atoms with Gasteiger partial charge in [-0.05, 0) is 23.1 Å². The fourth-order valence-corrected chi connectivity index (χ4v) is 3.96. The van der Waals surface area contributed by atoms with Crippen molar-refractivity contribution in [3.8, 4) is 11.3 Å². The maximum Gasteiger partial charge on any atom is 0.251 e. The molecule has 0 radical (unpaired) electrons. The first kappa shape index (κ1) is 23.4. The topological polar surface area (TPSA) is 78.4 Å². The van der Waals surface area contributed by atoms with Gasteiger partial charge in [0.25, 0.3) is 5.91 Å². The van der Waals surface area contributed by atoms with Crippen LogP contribution in [0.4, 0.5) is 5.82 Å².